The average Bonchev–Trinajstić information content (AvgIpc) is 3.20. The maximum atomic E-state index is 13.5. The number of hydrogen-bond acceptors (Lipinski definition) is 6. The molecule has 4 rings (SSSR count). The number of nitrogens with zero attached hydrogens (tertiary/aromatic N) is 2. The van der Waals surface area contributed by atoms with E-state index < -0.39 is 17.7 Å². The van der Waals surface area contributed by atoms with Crippen LogP contribution in [0.2, 0.25) is 0 Å². The molecule has 2 N–H and O–H groups in total. The van der Waals surface area contributed by atoms with Crippen molar-refractivity contribution >= 4 is 40.4 Å². The molecule has 0 radical (unpaired) electrons. The van der Waals surface area contributed by atoms with Gasteiger partial charge >= 0.3 is 5.97 Å². The number of aryl methyl sites for hydroxylation is 1. The van der Waals surface area contributed by atoms with Gasteiger partial charge in [0.2, 0.25) is 5.91 Å². The molecule has 34 heavy (non-hydrogen) atoms. The van der Waals surface area contributed by atoms with E-state index in [1.54, 1.807) is 37.3 Å². The van der Waals surface area contributed by atoms with Gasteiger partial charge in [0.15, 0.2) is 5.16 Å². The summed E-state index contributed by atoms with van der Waals surface area (Å²) in [7, 11) is 0. The van der Waals surface area contributed by atoms with E-state index in [0.717, 1.165) is 17.5 Å². The molecule has 0 spiro atoms. The van der Waals surface area contributed by atoms with Crippen LogP contribution in [-0.4, -0.2) is 38.8 Å². The molecule has 10 heteroatoms. The molecule has 0 atom stereocenters. The summed E-state index contributed by atoms with van der Waals surface area (Å²) in [6.45, 7) is 3.72. The fraction of sp³-hybridized carbons (Fsp3) is 0.167. The minimum Gasteiger partial charge on any atom is -0.462 e. The second kappa shape index (κ2) is 9.92. The minimum atomic E-state index is -0.536. The topological polar surface area (TPSA) is 106 Å². The number of rotatable bonds is 7. The van der Waals surface area contributed by atoms with Crippen molar-refractivity contribution in [2.75, 3.05) is 17.7 Å². The number of carbonyl (C=O) groups is 2. The van der Waals surface area contributed by atoms with Crippen molar-refractivity contribution in [1.29, 1.82) is 0 Å². The number of amides is 1. The van der Waals surface area contributed by atoms with Gasteiger partial charge in [0.05, 0.1) is 34.8 Å². The standard InChI is InChI=1S/C24H21FN4O4S/c1-3-33-23(32)17-6-4-5-7-18(17)27-20(30)13-34-24-28-19-12-14(2)26-21(19)22(31)29(24)16-10-8-15(25)9-11-16/h4-12,26H,3,13H2,1-2H3,(H,27,30). The third-order valence-corrected chi connectivity index (χ3v) is 5.81. The van der Waals surface area contributed by atoms with Crippen molar-refractivity contribution in [3.8, 4) is 5.69 Å². The molecule has 0 aliphatic rings. The first-order valence-electron chi connectivity index (χ1n) is 10.4. The zero-order chi connectivity index (χ0) is 24.2. The van der Waals surface area contributed by atoms with Crippen molar-refractivity contribution in [2.45, 2.75) is 19.0 Å². The second-order valence-corrected chi connectivity index (χ2v) is 8.27. The fourth-order valence-electron chi connectivity index (χ4n) is 3.39. The Hall–Kier alpha value is -3.92. The quantitative estimate of drug-likeness (QED) is 0.235. The molecule has 0 saturated heterocycles. The summed E-state index contributed by atoms with van der Waals surface area (Å²) in [5, 5.41) is 2.99. The third kappa shape index (κ3) is 4.86. The molecule has 8 nitrogen and oxygen atoms in total. The number of esters is 1. The summed E-state index contributed by atoms with van der Waals surface area (Å²) < 4.78 is 19.8. The van der Waals surface area contributed by atoms with E-state index in [1.807, 2.05) is 6.92 Å². The molecule has 0 aliphatic heterocycles. The number of para-hydroxylation sites is 1. The Morgan fingerprint density at radius 2 is 1.91 bits per heavy atom. The number of aromatic nitrogens is 3. The Balaban J connectivity index is 1.62. The zero-order valence-corrected chi connectivity index (χ0v) is 19.2. The first kappa shape index (κ1) is 23.2. The Morgan fingerprint density at radius 1 is 1.18 bits per heavy atom. The average molecular weight is 481 g/mol. The maximum absolute atomic E-state index is 13.5. The Morgan fingerprint density at radius 3 is 2.65 bits per heavy atom. The normalized spacial score (nSPS) is 10.9. The number of anilines is 1. The molecule has 2 heterocycles. The van der Waals surface area contributed by atoms with Crippen LogP contribution in [0.15, 0.2) is 64.5 Å². The van der Waals surface area contributed by atoms with Crippen LogP contribution in [-0.2, 0) is 9.53 Å². The zero-order valence-electron chi connectivity index (χ0n) is 18.4. The van der Waals surface area contributed by atoms with Crippen LogP contribution in [0, 0.1) is 12.7 Å². The summed E-state index contributed by atoms with van der Waals surface area (Å²) in [6, 6.07) is 13.7. The van der Waals surface area contributed by atoms with Gasteiger partial charge in [-0.2, -0.15) is 0 Å². The van der Waals surface area contributed by atoms with Gasteiger partial charge in [-0.15, -0.1) is 0 Å². The molecule has 0 saturated carbocycles. The number of benzene rings is 2. The highest BCUT2D eigenvalue weighted by Crippen LogP contribution is 2.23. The molecule has 4 aromatic rings. The lowest BCUT2D eigenvalue weighted by molar-refractivity contribution is -0.113. The smallest absolute Gasteiger partial charge is 0.340 e. The second-order valence-electron chi connectivity index (χ2n) is 7.33. The van der Waals surface area contributed by atoms with Gasteiger partial charge in [-0.1, -0.05) is 23.9 Å². The number of H-pyrrole nitrogens is 1. The van der Waals surface area contributed by atoms with Gasteiger partial charge in [0.25, 0.3) is 5.56 Å². The van der Waals surface area contributed by atoms with Crippen molar-refractivity contribution in [1.82, 2.24) is 14.5 Å². The molecule has 1 amide bonds. The van der Waals surface area contributed by atoms with Crippen molar-refractivity contribution in [3.63, 3.8) is 0 Å². The lowest BCUT2D eigenvalue weighted by Crippen LogP contribution is -2.23. The summed E-state index contributed by atoms with van der Waals surface area (Å²) in [6.07, 6.45) is 0. The summed E-state index contributed by atoms with van der Waals surface area (Å²) in [5.41, 5.74) is 2.18. The van der Waals surface area contributed by atoms with Crippen molar-refractivity contribution in [2.24, 2.45) is 0 Å². The fourth-order valence-corrected chi connectivity index (χ4v) is 4.20. The number of halogens is 1. The number of ether oxygens (including phenoxy) is 1. The monoisotopic (exact) mass is 480 g/mol. The van der Waals surface area contributed by atoms with E-state index >= 15 is 0 Å². The van der Waals surface area contributed by atoms with Crippen LogP contribution in [0.1, 0.15) is 23.0 Å². The number of aromatic amines is 1. The summed E-state index contributed by atoms with van der Waals surface area (Å²) in [5.74, 6) is -1.45. The van der Waals surface area contributed by atoms with Crippen molar-refractivity contribution in [3.05, 3.63) is 82.0 Å². The lowest BCUT2D eigenvalue weighted by atomic mass is 10.2. The van der Waals surface area contributed by atoms with Gasteiger partial charge in [-0.3, -0.25) is 14.2 Å². The first-order chi connectivity index (χ1) is 16.4. The molecular weight excluding hydrogens is 459 g/mol. The number of thioether (sulfide) groups is 1. The molecule has 2 aromatic heterocycles. The van der Waals surface area contributed by atoms with Crippen LogP contribution in [0.4, 0.5) is 10.1 Å². The highest BCUT2D eigenvalue weighted by atomic mass is 32.2. The van der Waals surface area contributed by atoms with Crippen LogP contribution >= 0.6 is 11.8 Å². The lowest BCUT2D eigenvalue weighted by Gasteiger charge is -2.13. The highest BCUT2D eigenvalue weighted by molar-refractivity contribution is 7.99. The molecule has 0 unspecified atom stereocenters. The van der Waals surface area contributed by atoms with Crippen LogP contribution in [0.25, 0.3) is 16.7 Å². The maximum Gasteiger partial charge on any atom is 0.340 e. The van der Waals surface area contributed by atoms with Gasteiger partial charge in [0.1, 0.15) is 11.3 Å². The third-order valence-electron chi connectivity index (χ3n) is 4.87. The number of nitrogens with one attached hydrogen (secondary N) is 2. The van der Waals surface area contributed by atoms with Gasteiger partial charge < -0.3 is 15.0 Å². The molecule has 2 aromatic carbocycles. The number of hydrogen-bond donors (Lipinski definition) is 2. The Labute approximate surface area is 198 Å². The molecule has 174 valence electrons. The largest absolute Gasteiger partial charge is 0.462 e. The van der Waals surface area contributed by atoms with E-state index in [0.29, 0.717) is 22.4 Å². The SMILES string of the molecule is CCOC(=O)c1ccccc1NC(=O)CSc1nc2cc(C)[nH]c2c(=O)n1-c1ccc(F)cc1. The van der Waals surface area contributed by atoms with E-state index in [2.05, 4.69) is 15.3 Å². The first-order valence-corrected chi connectivity index (χ1v) is 11.4. The molecular formula is C24H21FN4O4S. The Kier molecular flexibility index (Phi) is 6.78. The number of fused-ring (bicyclic) bond motifs is 1. The van der Waals surface area contributed by atoms with Crippen LogP contribution < -0.4 is 10.9 Å². The predicted octanol–water partition coefficient (Wildman–Crippen LogP) is 4.07. The molecule has 0 fully saturated rings. The molecule has 0 bridgehead atoms. The Bertz CT molecular complexity index is 1430. The van der Waals surface area contributed by atoms with Gasteiger partial charge in [-0.05, 0) is 56.3 Å². The van der Waals surface area contributed by atoms with Crippen molar-refractivity contribution < 1.29 is 18.7 Å². The number of carbonyl (C=O) groups excluding carboxylic acids is 2. The highest BCUT2D eigenvalue weighted by Gasteiger charge is 2.18. The summed E-state index contributed by atoms with van der Waals surface area (Å²) >= 11 is 1.05. The van der Waals surface area contributed by atoms with Crippen LogP contribution in [0.5, 0.6) is 0 Å². The van der Waals surface area contributed by atoms with E-state index in [9.17, 15) is 18.8 Å². The summed E-state index contributed by atoms with van der Waals surface area (Å²) in [4.78, 5) is 45.6. The van der Waals surface area contributed by atoms with E-state index in [-0.39, 0.29) is 28.6 Å². The van der Waals surface area contributed by atoms with Gasteiger partial charge in [-0.25, -0.2) is 14.2 Å². The minimum absolute atomic E-state index is 0.0836. The van der Waals surface area contributed by atoms with E-state index in [1.165, 1.54) is 28.8 Å². The predicted molar refractivity (Wildman–Crippen MR) is 128 cm³/mol. The van der Waals surface area contributed by atoms with E-state index in [4.69, 9.17) is 4.74 Å². The van der Waals surface area contributed by atoms with Gasteiger partial charge in [0, 0.05) is 5.69 Å². The van der Waals surface area contributed by atoms with Crippen LogP contribution in [0.3, 0.4) is 0 Å². The molecule has 0 aliphatic carbocycles.